The summed E-state index contributed by atoms with van der Waals surface area (Å²) in [5, 5.41) is 5.20. The van der Waals surface area contributed by atoms with Gasteiger partial charge in [-0.1, -0.05) is 36.2 Å². The summed E-state index contributed by atoms with van der Waals surface area (Å²) >= 11 is 15.2. The number of anilines is 1. The molecule has 0 radical (unpaired) electrons. The maximum Gasteiger partial charge on any atom is 0.341 e. The van der Waals surface area contributed by atoms with Gasteiger partial charge in [-0.25, -0.2) is 4.79 Å². The Kier molecular flexibility index (Phi) is 5.40. The second-order valence-corrected chi connectivity index (χ2v) is 9.86. The number of ether oxygens (including phenoxy) is 1. The summed E-state index contributed by atoms with van der Waals surface area (Å²) in [7, 11) is 1.36. The third-order valence-electron chi connectivity index (χ3n) is 4.93. The Morgan fingerprint density at radius 1 is 1.25 bits per heavy atom. The molecule has 2 aromatic heterocycles. The molecule has 1 aliphatic carbocycles. The standard InChI is InChI=1S/C20H17Cl2NO3S2/c1-9-3-5-11-13(7-9)28-19(15(11)20(25)26-2)23-18(24)17-16(22)12-6-4-10(21)8-14(12)27-17/h4,6,8-9H,3,5,7H2,1-2H3,(H,23,24)/t9-/m0/s1. The van der Waals surface area contributed by atoms with Crippen LogP contribution in [0.25, 0.3) is 10.1 Å². The van der Waals surface area contributed by atoms with Crippen molar-refractivity contribution < 1.29 is 14.3 Å². The zero-order chi connectivity index (χ0) is 20.0. The number of fused-ring (bicyclic) bond motifs is 2. The molecule has 4 nitrogen and oxygen atoms in total. The SMILES string of the molecule is COC(=O)c1c(NC(=O)c2sc3cc(Cl)ccc3c2Cl)sc2c1CC[C@H](C)C2. The summed E-state index contributed by atoms with van der Waals surface area (Å²) in [6, 6.07) is 5.34. The number of nitrogens with one attached hydrogen (secondary N) is 1. The number of benzene rings is 1. The maximum atomic E-state index is 13.0. The molecule has 1 aliphatic rings. The molecule has 0 bridgehead atoms. The molecule has 1 aromatic carbocycles. The molecule has 0 saturated carbocycles. The van der Waals surface area contributed by atoms with E-state index in [0.717, 1.165) is 39.8 Å². The molecule has 0 saturated heterocycles. The molecule has 8 heteroatoms. The van der Waals surface area contributed by atoms with Crippen molar-refractivity contribution in [3.05, 3.63) is 49.1 Å². The number of esters is 1. The molecular weight excluding hydrogens is 437 g/mol. The fraction of sp³-hybridized carbons (Fsp3) is 0.300. The molecule has 3 aromatic rings. The molecule has 1 N–H and O–H groups in total. The van der Waals surface area contributed by atoms with Crippen molar-refractivity contribution in [2.24, 2.45) is 5.92 Å². The lowest BCUT2D eigenvalue weighted by atomic mass is 9.88. The van der Waals surface area contributed by atoms with E-state index in [0.29, 0.717) is 31.4 Å². The van der Waals surface area contributed by atoms with Crippen LogP contribution in [0.2, 0.25) is 10.0 Å². The van der Waals surface area contributed by atoms with Crippen LogP contribution >= 0.6 is 45.9 Å². The van der Waals surface area contributed by atoms with Crippen LogP contribution in [0.3, 0.4) is 0 Å². The minimum atomic E-state index is -0.420. The first-order valence-corrected chi connectivity index (χ1v) is 11.2. The van der Waals surface area contributed by atoms with E-state index in [9.17, 15) is 9.59 Å². The van der Waals surface area contributed by atoms with Gasteiger partial charge in [0.15, 0.2) is 0 Å². The lowest BCUT2D eigenvalue weighted by Gasteiger charge is -2.18. The van der Waals surface area contributed by atoms with Crippen molar-refractivity contribution in [1.82, 2.24) is 0 Å². The first kappa shape index (κ1) is 19.7. The average molecular weight is 454 g/mol. The quantitative estimate of drug-likeness (QED) is 0.464. The normalized spacial score (nSPS) is 16.1. The lowest BCUT2D eigenvalue weighted by Crippen LogP contribution is -2.15. The van der Waals surface area contributed by atoms with Crippen LogP contribution in [0, 0.1) is 5.92 Å². The number of thiophene rings is 2. The molecule has 0 fully saturated rings. The Balaban J connectivity index is 1.72. The summed E-state index contributed by atoms with van der Waals surface area (Å²) in [6.45, 7) is 2.20. The highest BCUT2D eigenvalue weighted by molar-refractivity contribution is 7.22. The minimum Gasteiger partial charge on any atom is -0.465 e. The molecule has 4 rings (SSSR count). The van der Waals surface area contributed by atoms with Gasteiger partial charge < -0.3 is 10.1 Å². The van der Waals surface area contributed by atoms with Crippen LogP contribution in [0.15, 0.2) is 18.2 Å². The monoisotopic (exact) mass is 453 g/mol. The largest absolute Gasteiger partial charge is 0.465 e. The number of hydrogen-bond donors (Lipinski definition) is 1. The first-order valence-electron chi connectivity index (χ1n) is 8.80. The summed E-state index contributed by atoms with van der Waals surface area (Å²) in [5.74, 6) is -0.197. The summed E-state index contributed by atoms with van der Waals surface area (Å²) in [5.41, 5.74) is 1.47. The summed E-state index contributed by atoms with van der Waals surface area (Å²) in [6.07, 6.45) is 2.74. The second-order valence-electron chi connectivity index (χ2n) is 6.89. The van der Waals surface area contributed by atoms with Gasteiger partial charge >= 0.3 is 5.97 Å². The summed E-state index contributed by atoms with van der Waals surface area (Å²) in [4.78, 5) is 26.9. The third-order valence-corrected chi connectivity index (χ3v) is 7.99. The van der Waals surface area contributed by atoms with E-state index in [1.165, 1.54) is 29.8 Å². The van der Waals surface area contributed by atoms with E-state index < -0.39 is 5.97 Å². The predicted molar refractivity (Wildman–Crippen MR) is 117 cm³/mol. The van der Waals surface area contributed by atoms with Crippen LogP contribution < -0.4 is 5.32 Å². The van der Waals surface area contributed by atoms with Crippen LogP contribution in [0.5, 0.6) is 0 Å². The third kappa shape index (κ3) is 3.43. The van der Waals surface area contributed by atoms with Gasteiger partial charge in [0.2, 0.25) is 0 Å². The number of carbonyl (C=O) groups excluding carboxylic acids is 2. The number of amides is 1. The first-order chi connectivity index (χ1) is 13.4. The highest BCUT2D eigenvalue weighted by atomic mass is 35.5. The van der Waals surface area contributed by atoms with E-state index in [4.69, 9.17) is 27.9 Å². The Hall–Kier alpha value is -1.60. The van der Waals surface area contributed by atoms with Gasteiger partial charge in [0.25, 0.3) is 5.91 Å². The molecule has 1 atom stereocenters. The van der Waals surface area contributed by atoms with E-state index >= 15 is 0 Å². The molecular formula is C20H17Cl2NO3S2. The van der Waals surface area contributed by atoms with Crippen molar-refractivity contribution in [3.8, 4) is 0 Å². The van der Waals surface area contributed by atoms with Gasteiger partial charge in [-0.3, -0.25) is 4.79 Å². The number of hydrogen-bond acceptors (Lipinski definition) is 5. The van der Waals surface area contributed by atoms with Crippen LogP contribution in [-0.2, 0) is 17.6 Å². The average Bonchev–Trinajstić information content (AvgIpc) is 3.17. The Morgan fingerprint density at radius 3 is 2.79 bits per heavy atom. The van der Waals surface area contributed by atoms with Crippen molar-refractivity contribution in [3.63, 3.8) is 0 Å². The zero-order valence-corrected chi connectivity index (χ0v) is 18.4. The maximum absolute atomic E-state index is 13.0. The fourth-order valence-corrected chi connectivity index (χ4v) is 6.58. The van der Waals surface area contributed by atoms with Crippen molar-refractivity contribution in [2.75, 3.05) is 12.4 Å². The molecule has 2 heterocycles. The van der Waals surface area contributed by atoms with Gasteiger partial charge in [0.1, 0.15) is 9.88 Å². The number of rotatable bonds is 3. The minimum absolute atomic E-state index is 0.334. The van der Waals surface area contributed by atoms with Gasteiger partial charge in [0, 0.05) is 20.0 Å². The van der Waals surface area contributed by atoms with Crippen molar-refractivity contribution >= 4 is 72.8 Å². The Bertz CT molecular complexity index is 1100. The highest BCUT2D eigenvalue weighted by Crippen LogP contribution is 2.41. The predicted octanol–water partition coefficient (Wildman–Crippen LogP) is 6.43. The molecule has 1 amide bonds. The van der Waals surface area contributed by atoms with Crippen molar-refractivity contribution in [2.45, 2.75) is 26.2 Å². The lowest BCUT2D eigenvalue weighted by molar-refractivity contribution is 0.0601. The smallest absolute Gasteiger partial charge is 0.341 e. The second kappa shape index (κ2) is 7.67. The van der Waals surface area contributed by atoms with Crippen LogP contribution in [-0.4, -0.2) is 19.0 Å². The van der Waals surface area contributed by atoms with Gasteiger partial charge in [-0.05, 0) is 42.9 Å². The fourth-order valence-electron chi connectivity index (χ4n) is 3.50. The Labute approximate surface area is 180 Å². The summed E-state index contributed by atoms with van der Waals surface area (Å²) < 4.78 is 5.82. The zero-order valence-electron chi connectivity index (χ0n) is 15.2. The number of carbonyl (C=O) groups is 2. The molecule has 28 heavy (non-hydrogen) atoms. The molecule has 146 valence electrons. The van der Waals surface area contributed by atoms with Gasteiger partial charge in [-0.2, -0.15) is 0 Å². The van der Waals surface area contributed by atoms with Crippen molar-refractivity contribution in [1.29, 1.82) is 0 Å². The molecule has 0 unspecified atom stereocenters. The van der Waals surface area contributed by atoms with Gasteiger partial charge in [-0.15, -0.1) is 22.7 Å². The topological polar surface area (TPSA) is 55.4 Å². The van der Waals surface area contributed by atoms with E-state index in [-0.39, 0.29) is 5.91 Å². The van der Waals surface area contributed by atoms with E-state index in [2.05, 4.69) is 12.2 Å². The number of halogens is 2. The Morgan fingerprint density at radius 2 is 2.04 bits per heavy atom. The van der Waals surface area contributed by atoms with E-state index in [1.54, 1.807) is 18.2 Å². The molecule has 0 spiro atoms. The van der Waals surface area contributed by atoms with E-state index in [1.807, 2.05) is 0 Å². The van der Waals surface area contributed by atoms with Gasteiger partial charge in [0.05, 0.1) is 17.7 Å². The van der Waals surface area contributed by atoms with Crippen LogP contribution in [0.4, 0.5) is 5.00 Å². The number of methoxy groups -OCH3 is 1. The highest BCUT2D eigenvalue weighted by Gasteiger charge is 2.29. The van der Waals surface area contributed by atoms with Crippen LogP contribution in [0.1, 0.15) is 43.8 Å². The molecule has 0 aliphatic heterocycles.